The van der Waals surface area contributed by atoms with Crippen molar-refractivity contribution in [1.29, 1.82) is 0 Å². The van der Waals surface area contributed by atoms with Crippen LogP contribution in [0.2, 0.25) is 10.0 Å². The van der Waals surface area contributed by atoms with Crippen LogP contribution in [0.25, 0.3) is 0 Å². The van der Waals surface area contributed by atoms with Crippen LogP contribution < -0.4 is 5.32 Å². The molecular formula is C14H14Cl2N4O. The summed E-state index contributed by atoms with van der Waals surface area (Å²) in [4.78, 5) is 11.9. The molecular weight excluding hydrogens is 311 g/mol. The molecule has 1 aromatic carbocycles. The Morgan fingerprint density at radius 2 is 2.14 bits per heavy atom. The minimum Gasteiger partial charge on any atom is -0.350 e. The molecule has 5 nitrogen and oxygen atoms in total. The fourth-order valence-corrected chi connectivity index (χ4v) is 2.33. The van der Waals surface area contributed by atoms with Crippen molar-refractivity contribution in [3.63, 3.8) is 0 Å². The lowest BCUT2D eigenvalue weighted by Gasteiger charge is -2.06. The normalized spacial score (nSPS) is 14.2. The predicted octanol–water partition coefficient (Wildman–Crippen LogP) is 2.78. The highest BCUT2D eigenvalue weighted by Gasteiger charge is 2.26. The van der Waals surface area contributed by atoms with Crippen molar-refractivity contribution in [2.24, 2.45) is 0 Å². The van der Waals surface area contributed by atoms with Gasteiger partial charge in [-0.2, -0.15) is 0 Å². The maximum absolute atomic E-state index is 11.9. The van der Waals surface area contributed by atoms with Crippen LogP contribution in [0.1, 0.15) is 30.0 Å². The molecule has 0 spiro atoms. The Morgan fingerprint density at radius 1 is 1.33 bits per heavy atom. The first-order valence-corrected chi connectivity index (χ1v) is 7.48. The van der Waals surface area contributed by atoms with E-state index in [2.05, 4.69) is 15.6 Å². The van der Waals surface area contributed by atoms with Crippen molar-refractivity contribution >= 4 is 29.1 Å². The number of benzene rings is 1. The molecule has 7 heteroatoms. The Hall–Kier alpha value is -1.59. The van der Waals surface area contributed by atoms with Crippen molar-refractivity contribution in [2.45, 2.75) is 31.8 Å². The number of carbonyl (C=O) groups excluding carboxylic acids is 1. The van der Waals surface area contributed by atoms with Gasteiger partial charge in [-0.3, -0.25) is 4.79 Å². The number of aromatic nitrogens is 3. The smallest absolute Gasteiger partial charge is 0.242 e. The van der Waals surface area contributed by atoms with Crippen LogP contribution in [0.15, 0.2) is 24.4 Å². The zero-order valence-corrected chi connectivity index (χ0v) is 12.7. The van der Waals surface area contributed by atoms with E-state index in [9.17, 15) is 4.79 Å². The van der Waals surface area contributed by atoms with Crippen LogP contribution >= 0.6 is 23.2 Å². The first-order valence-electron chi connectivity index (χ1n) is 6.72. The molecule has 0 radical (unpaired) electrons. The molecule has 3 rings (SSSR count). The van der Waals surface area contributed by atoms with Gasteiger partial charge in [0.1, 0.15) is 6.54 Å². The monoisotopic (exact) mass is 324 g/mol. The largest absolute Gasteiger partial charge is 0.350 e. The standard InChI is InChI=1S/C14H14Cl2N4O/c15-11-4-1-9(5-12(11)16)6-17-14(21)8-20-7-13(18-19-20)10-2-3-10/h1,4-5,7,10H,2-3,6,8H2,(H,17,21). The van der Waals surface area contributed by atoms with E-state index in [1.807, 2.05) is 12.3 Å². The number of carbonyl (C=O) groups is 1. The van der Waals surface area contributed by atoms with Gasteiger partial charge in [0.15, 0.2) is 0 Å². The third kappa shape index (κ3) is 3.74. The van der Waals surface area contributed by atoms with E-state index < -0.39 is 0 Å². The highest BCUT2D eigenvalue weighted by Crippen LogP contribution is 2.38. The maximum Gasteiger partial charge on any atom is 0.242 e. The number of nitrogens with zero attached hydrogens (tertiary/aromatic N) is 3. The number of nitrogens with one attached hydrogen (secondary N) is 1. The topological polar surface area (TPSA) is 59.8 Å². The van der Waals surface area contributed by atoms with Gasteiger partial charge >= 0.3 is 0 Å². The summed E-state index contributed by atoms with van der Waals surface area (Å²) in [5.74, 6) is 0.423. The third-order valence-corrected chi connectivity index (χ3v) is 4.07. The molecule has 1 amide bonds. The lowest BCUT2D eigenvalue weighted by atomic mass is 10.2. The Kier molecular flexibility index (Phi) is 4.12. The molecule has 0 atom stereocenters. The maximum atomic E-state index is 11.9. The Morgan fingerprint density at radius 3 is 2.86 bits per heavy atom. The fraction of sp³-hybridized carbons (Fsp3) is 0.357. The number of rotatable bonds is 5. The molecule has 1 aliphatic rings. The van der Waals surface area contributed by atoms with Gasteiger partial charge in [-0.1, -0.05) is 34.5 Å². The SMILES string of the molecule is O=C(Cn1cc(C2CC2)nn1)NCc1ccc(Cl)c(Cl)c1. The summed E-state index contributed by atoms with van der Waals surface area (Å²) in [6, 6.07) is 5.28. The van der Waals surface area contributed by atoms with Gasteiger partial charge in [-0.05, 0) is 30.5 Å². The third-order valence-electron chi connectivity index (χ3n) is 3.33. The number of halogens is 2. The van der Waals surface area contributed by atoms with Gasteiger partial charge in [0.2, 0.25) is 5.91 Å². The summed E-state index contributed by atoms with van der Waals surface area (Å²) < 4.78 is 1.57. The predicted molar refractivity (Wildman–Crippen MR) is 80.3 cm³/mol. The Bertz CT molecular complexity index is 667. The Balaban J connectivity index is 1.52. The van der Waals surface area contributed by atoms with Gasteiger partial charge < -0.3 is 5.32 Å². The lowest BCUT2D eigenvalue weighted by Crippen LogP contribution is -2.27. The van der Waals surface area contributed by atoms with Crippen LogP contribution in [-0.2, 0) is 17.9 Å². The van der Waals surface area contributed by atoms with E-state index in [1.165, 1.54) is 12.8 Å². The minimum absolute atomic E-state index is 0.117. The summed E-state index contributed by atoms with van der Waals surface area (Å²) >= 11 is 11.8. The molecule has 1 N–H and O–H groups in total. The zero-order valence-electron chi connectivity index (χ0n) is 11.2. The van der Waals surface area contributed by atoms with E-state index in [4.69, 9.17) is 23.2 Å². The van der Waals surface area contributed by atoms with Crippen molar-refractivity contribution in [2.75, 3.05) is 0 Å². The van der Waals surface area contributed by atoms with Gasteiger partial charge in [0, 0.05) is 18.7 Å². The van der Waals surface area contributed by atoms with Crippen LogP contribution in [0, 0.1) is 0 Å². The van der Waals surface area contributed by atoms with Gasteiger partial charge in [0.05, 0.1) is 15.7 Å². The second-order valence-corrected chi connectivity index (χ2v) is 5.95. The lowest BCUT2D eigenvalue weighted by molar-refractivity contribution is -0.122. The highest BCUT2D eigenvalue weighted by atomic mass is 35.5. The highest BCUT2D eigenvalue weighted by molar-refractivity contribution is 6.42. The molecule has 110 valence electrons. The van der Waals surface area contributed by atoms with Gasteiger partial charge in [-0.15, -0.1) is 5.10 Å². The summed E-state index contributed by atoms with van der Waals surface area (Å²) in [6.07, 6.45) is 4.18. The van der Waals surface area contributed by atoms with Crippen LogP contribution in [0.3, 0.4) is 0 Å². The number of amides is 1. The van der Waals surface area contributed by atoms with Gasteiger partial charge in [0.25, 0.3) is 0 Å². The first kappa shape index (κ1) is 14.4. The molecule has 21 heavy (non-hydrogen) atoms. The summed E-state index contributed by atoms with van der Waals surface area (Å²) in [5, 5.41) is 11.8. The van der Waals surface area contributed by atoms with Crippen molar-refractivity contribution in [3.05, 3.63) is 45.7 Å². The molecule has 1 heterocycles. The second kappa shape index (κ2) is 6.03. The number of hydrogen-bond donors (Lipinski definition) is 1. The quantitative estimate of drug-likeness (QED) is 0.919. The zero-order chi connectivity index (χ0) is 14.8. The van der Waals surface area contributed by atoms with Crippen molar-refractivity contribution in [3.8, 4) is 0 Å². The van der Waals surface area contributed by atoms with Gasteiger partial charge in [-0.25, -0.2) is 4.68 Å². The Labute approximate surface area is 132 Å². The number of hydrogen-bond acceptors (Lipinski definition) is 3. The van der Waals surface area contributed by atoms with Crippen molar-refractivity contribution < 1.29 is 4.79 Å². The van der Waals surface area contributed by atoms with Crippen LogP contribution in [-0.4, -0.2) is 20.9 Å². The molecule has 2 aromatic rings. The molecule has 1 fully saturated rings. The summed E-state index contributed by atoms with van der Waals surface area (Å²) in [7, 11) is 0. The van der Waals surface area contributed by atoms with E-state index >= 15 is 0 Å². The molecule has 0 aliphatic heterocycles. The van der Waals surface area contributed by atoms with E-state index in [1.54, 1.807) is 16.8 Å². The average Bonchev–Trinajstić information content (AvgIpc) is 3.21. The molecule has 0 bridgehead atoms. The van der Waals surface area contributed by atoms with E-state index in [0.29, 0.717) is 22.5 Å². The summed E-state index contributed by atoms with van der Waals surface area (Å²) in [6.45, 7) is 0.570. The van der Waals surface area contributed by atoms with Crippen molar-refractivity contribution in [1.82, 2.24) is 20.3 Å². The minimum atomic E-state index is -0.117. The molecule has 0 saturated heterocycles. The second-order valence-electron chi connectivity index (χ2n) is 5.14. The van der Waals surface area contributed by atoms with E-state index in [-0.39, 0.29) is 12.5 Å². The van der Waals surface area contributed by atoms with Crippen LogP contribution in [0.5, 0.6) is 0 Å². The average molecular weight is 325 g/mol. The van der Waals surface area contributed by atoms with Crippen LogP contribution in [0.4, 0.5) is 0 Å². The molecule has 1 aliphatic carbocycles. The molecule has 1 aromatic heterocycles. The summed E-state index contributed by atoms with van der Waals surface area (Å²) in [5.41, 5.74) is 1.88. The van der Waals surface area contributed by atoms with E-state index in [0.717, 1.165) is 11.3 Å². The first-order chi connectivity index (χ1) is 10.1. The molecule has 0 unspecified atom stereocenters. The fourth-order valence-electron chi connectivity index (χ4n) is 2.01. The molecule has 1 saturated carbocycles.